The Bertz CT molecular complexity index is 957. The molecule has 2 amide bonds. The Labute approximate surface area is 181 Å². The molecule has 1 atom stereocenters. The van der Waals surface area contributed by atoms with Gasteiger partial charge in [0, 0.05) is 24.7 Å². The summed E-state index contributed by atoms with van der Waals surface area (Å²) in [6, 6.07) is 12.6. The second kappa shape index (κ2) is 9.97. The summed E-state index contributed by atoms with van der Waals surface area (Å²) < 4.78 is 15.5. The number of hydrogen-bond acceptors (Lipinski definition) is 6. The minimum absolute atomic E-state index is 0.0552. The summed E-state index contributed by atoms with van der Waals surface area (Å²) in [5, 5.41) is 2.64. The van der Waals surface area contributed by atoms with Crippen LogP contribution >= 0.6 is 0 Å². The molecule has 3 rings (SSSR count). The number of carbonyl (C=O) groups is 3. The van der Waals surface area contributed by atoms with Crippen LogP contribution in [0.5, 0.6) is 11.5 Å². The number of amides is 2. The third kappa shape index (κ3) is 5.33. The number of ether oxygens (including phenoxy) is 3. The van der Waals surface area contributed by atoms with Gasteiger partial charge in [-0.25, -0.2) is 0 Å². The standard InChI is InChI=1S/C23H26N2O6/c1-4-15-5-7-17(8-6-15)25-13-16(11-22(25)27)23(28)31-14-21(26)24-19-12-18(29-2)9-10-20(19)30-3/h5-10,12,16H,4,11,13-14H2,1-3H3,(H,24,26). The van der Waals surface area contributed by atoms with Gasteiger partial charge in [-0.15, -0.1) is 0 Å². The first-order valence-electron chi connectivity index (χ1n) is 10.0. The maximum absolute atomic E-state index is 12.4. The fraction of sp³-hybridized carbons (Fsp3) is 0.348. The highest BCUT2D eigenvalue weighted by molar-refractivity contribution is 6.00. The van der Waals surface area contributed by atoms with Crippen molar-refractivity contribution in [2.24, 2.45) is 5.92 Å². The molecule has 164 valence electrons. The molecule has 1 saturated heterocycles. The second-order valence-corrected chi connectivity index (χ2v) is 7.15. The molecule has 1 N–H and O–H groups in total. The van der Waals surface area contributed by atoms with Gasteiger partial charge in [-0.2, -0.15) is 0 Å². The van der Waals surface area contributed by atoms with E-state index >= 15 is 0 Å². The second-order valence-electron chi connectivity index (χ2n) is 7.15. The van der Waals surface area contributed by atoms with Crippen LogP contribution in [0.4, 0.5) is 11.4 Å². The fourth-order valence-electron chi connectivity index (χ4n) is 3.38. The number of anilines is 2. The van der Waals surface area contributed by atoms with Gasteiger partial charge < -0.3 is 24.4 Å². The van der Waals surface area contributed by atoms with Crippen LogP contribution in [0.15, 0.2) is 42.5 Å². The van der Waals surface area contributed by atoms with Gasteiger partial charge in [-0.05, 0) is 36.2 Å². The third-order valence-corrected chi connectivity index (χ3v) is 5.14. The van der Waals surface area contributed by atoms with Crippen molar-refractivity contribution in [2.75, 3.05) is 37.6 Å². The van der Waals surface area contributed by atoms with E-state index in [1.54, 1.807) is 23.1 Å². The molecule has 2 aromatic rings. The van der Waals surface area contributed by atoms with Crippen molar-refractivity contribution in [3.63, 3.8) is 0 Å². The van der Waals surface area contributed by atoms with Crippen LogP contribution in [0, 0.1) is 5.92 Å². The highest BCUT2D eigenvalue weighted by Crippen LogP contribution is 2.29. The Kier molecular flexibility index (Phi) is 7.12. The molecule has 0 radical (unpaired) electrons. The Hall–Kier alpha value is -3.55. The van der Waals surface area contributed by atoms with E-state index in [1.165, 1.54) is 19.8 Å². The highest BCUT2D eigenvalue weighted by Gasteiger charge is 2.36. The van der Waals surface area contributed by atoms with E-state index < -0.39 is 24.4 Å². The molecule has 1 aliphatic rings. The first-order chi connectivity index (χ1) is 14.9. The molecule has 1 aliphatic heterocycles. The molecular weight excluding hydrogens is 400 g/mol. The molecule has 0 aromatic heterocycles. The van der Waals surface area contributed by atoms with Crippen molar-refractivity contribution in [3.8, 4) is 11.5 Å². The van der Waals surface area contributed by atoms with E-state index in [9.17, 15) is 14.4 Å². The van der Waals surface area contributed by atoms with Gasteiger partial charge in [-0.3, -0.25) is 14.4 Å². The number of nitrogens with zero attached hydrogens (tertiary/aromatic N) is 1. The van der Waals surface area contributed by atoms with Crippen LogP contribution in [-0.2, 0) is 25.5 Å². The Morgan fingerprint density at radius 2 is 1.84 bits per heavy atom. The lowest BCUT2D eigenvalue weighted by atomic mass is 10.1. The van der Waals surface area contributed by atoms with Crippen molar-refractivity contribution in [1.82, 2.24) is 0 Å². The molecule has 0 bridgehead atoms. The number of carbonyl (C=O) groups excluding carboxylic acids is 3. The number of aryl methyl sites for hydroxylation is 1. The molecule has 31 heavy (non-hydrogen) atoms. The number of methoxy groups -OCH3 is 2. The summed E-state index contributed by atoms with van der Waals surface area (Å²) in [4.78, 5) is 38.6. The predicted octanol–water partition coefficient (Wildman–Crippen LogP) is 2.80. The Balaban J connectivity index is 1.55. The van der Waals surface area contributed by atoms with Gasteiger partial charge in [0.2, 0.25) is 5.91 Å². The fourth-order valence-corrected chi connectivity index (χ4v) is 3.38. The van der Waals surface area contributed by atoms with Gasteiger partial charge in [0.05, 0.1) is 25.8 Å². The SMILES string of the molecule is CCc1ccc(N2CC(C(=O)OCC(=O)Nc3cc(OC)ccc3OC)CC2=O)cc1. The predicted molar refractivity (Wildman–Crippen MR) is 115 cm³/mol. The zero-order chi connectivity index (χ0) is 22.4. The quantitative estimate of drug-likeness (QED) is 0.653. The summed E-state index contributed by atoms with van der Waals surface area (Å²) in [5.74, 6) is -0.851. The average molecular weight is 426 g/mol. The summed E-state index contributed by atoms with van der Waals surface area (Å²) in [6.07, 6.45) is 0.965. The first-order valence-corrected chi connectivity index (χ1v) is 10.0. The summed E-state index contributed by atoms with van der Waals surface area (Å²) in [5.41, 5.74) is 2.33. The van der Waals surface area contributed by atoms with E-state index in [0.29, 0.717) is 17.2 Å². The van der Waals surface area contributed by atoms with Crippen molar-refractivity contribution in [3.05, 3.63) is 48.0 Å². The van der Waals surface area contributed by atoms with Crippen molar-refractivity contribution in [1.29, 1.82) is 0 Å². The Morgan fingerprint density at radius 1 is 1.10 bits per heavy atom. The van der Waals surface area contributed by atoms with Crippen molar-refractivity contribution < 1.29 is 28.6 Å². The maximum Gasteiger partial charge on any atom is 0.311 e. The molecule has 1 unspecified atom stereocenters. The van der Waals surface area contributed by atoms with Gasteiger partial charge in [0.15, 0.2) is 6.61 Å². The summed E-state index contributed by atoms with van der Waals surface area (Å²) in [7, 11) is 3.00. The number of rotatable bonds is 8. The molecule has 8 nitrogen and oxygen atoms in total. The van der Waals surface area contributed by atoms with E-state index in [-0.39, 0.29) is 18.9 Å². The molecule has 1 fully saturated rings. The van der Waals surface area contributed by atoms with Crippen LogP contribution < -0.4 is 19.7 Å². The number of nitrogens with one attached hydrogen (secondary N) is 1. The first kappa shape index (κ1) is 22.1. The maximum atomic E-state index is 12.4. The number of esters is 1. The highest BCUT2D eigenvalue weighted by atomic mass is 16.5. The molecular formula is C23H26N2O6. The lowest BCUT2D eigenvalue weighted by Crippen LogP contribution is -2.28. The van der Waals surface area contributed by atoms with Crippen LogP contribution in [0.25, 0.3) is 0 Å². The van der Waals surface area contributed by atoms with Gasteiger partial charge >= 0.3 is 5.97 Å². The third-order valence-electron chi connectivity index (χ3n) is 5.14. The number of hydrogen-bond donors (Lipinski definition) is 1. The van der Waals surface area contributed by atoms with Crippen molar-refractivity contribution in [2.45, 2.75) is 19.8 Å². The van der Waals surface area contributed by atoms with Crippen LogP contribution in [0.2, 0.25) is 0 Å². The van der Waals surface area contributed by atoms with Crippen LogP contribution in [0.3, 0.4) is 0 Å². The monoisotopic (exact) mass is 426 g/mol. The van der Waals surface area contributed by atoms with Crippen LogP contribution in [-0.4, -0.2) is 45.2 Å². The van der Waals surface area contributed by atoms with Gasteiger partial charge in [0.25, 0.3) is 5.91 Å². The van der Waals surface area contributed by atoms with Crippen LogP contribution in [0.1, 0.15) is 18.9 Å². The Morgan fingerprint density at radius 3 is 2.48 bits per heavy atom. The van der Waals surface area contributed by atoms with E-state index in [4.69, 9.17) is 14.2 Å². The normalized spacial score (nSPS) is 15.5. The molecule has 1 heterocycles. The van der Waals surface area contributed by atoms with E-state index in [2.05, 4.69) is 12.2 Å². The molecule has 8 heteroatoms. The molecule has 0 aliphatic carbocycles. The summed E-state index contributed by atoms with van der Waals surface area (Å²) in [6.45, 7) is 1.83. The zero-order valence-electron chi connectivity index (χ0n) is 17.8. The zero-order valence-corrected chi connectivity index (χ0v) is 17.8. The summed E-state index contributed by atoms with van der Waals surface area (Å²) >= 11 is 0. The lowest BCUT2D eigenvalue weighted by Gasteiger charge is -2.17. The molecule has 0 spiro atoms. The van der Waals surface area contributed by atoms with Gasteiger partial charge in [-0.1, -0.05) is 19.1 Å². The topological polar surface area (TPSA) is 94.2 Å². The van der Waals surface area contributed by atoms with E-state index in [0.717, 1.165) is 12.1 Å². The minimum Gasteiger partial charge on any atom is -0.497 e. The average Bonchev–Trinajstić information content (AvgIpc) is 3.19. The molecule has 2 aromatic carbocycles. The smallest absolute Gasteiger partial charge is 0.311 e. The minimum atomic E-state index is -0.613. The van der Waals surface area contributed by atoms with Crippen molar-refractivity contribution >= 4 is 29.2 Å². The van der Waals surface area contributed by atoms with E-state index in [1.807, 2.05) is 24.3 Å². The lowest BCUT2D eigenvalue weighted by molar-refractivity contribution is -0.151. The number of benzene rings is 2. The van der Waals surface area contributed by atoms with Gasteiger partial charge in [0.1, 0.15) is 11.5 Å². The largest absolute Gasteiger partial charge is 0.497 e. The molecule has 0 saturated carbocycles.